The van der Waals surface area contributed by atoms with Crippen molar-refractivity contribution < 1.29 is 0 Å². The molecule has 1 saturated heterocycles. The molecular formula is C12H19ClN4. The van der Waals surface area contributed by atoms with Crippen molar-refractivity contribution in [3.05, 3.63) is 11.2 Å². The summed E-state index contributed by atoms with van der Waals surface area (Å²) in [5.74, 6) is 1.50. The summed E-state index contributed by atoms with van der Waals surface area (Å²) in [6.45, 7) is 9.38. The third-order valence-electron chi connectivity index (χ3n) is 3.04. The lowest BCUT2D eigenvalue weighted by atomic mass is 9.93. The second-order valence-electron chi connectivity index (χ2n) is 5.23. The summed E-state index contributed by atoms with van der Waals surface area (Å²) in [7, 11) is 0. The quantitative estimate of drug-likeness (QED) is 0.901. The van der Waals surface area contributed by atoms with Gasteiger partial charge in [0.15, 0.2) is 5.82 Å². The molecule has 0 radical (unpaired) electrons. The number of aromatic nitrogens is 2. The topological polar surface area (TPSA) is 41.1 Å². The standard InChI is InChI=1S/C12H19ClN4/c1-4-14-11-15-7-9(13)10(16-11)17-6-5-12(2,3)8-17/h7H,4-6,8H2,1-3H3,(H,14,15,16). The van der Waals surface area contributed by atoms with Crippen LogP contribution in [0.15, 0.2) is 6.20 Å². The summed E-state index contributed by atoms with van der Waals surface area (Å²) in [6, 6.07) is 0. The summed E-state index contributed by atoms with van der Waals surface area (Å²) >= 11 is 6.18. The van der Waals surface area contributed by atoms with Crippen molar-refractivity contribution in [3.8, 4) is 0 Å². The Kier molecular flexibility index (Phi) is 3.43. The van der Waals surface area contributed by atoms with E-state index in [1.807, 2.05) is 6.92 Å². The summed E-state index contributed by atoms with van der Waals surface area (Å²) in [4.78, 5) is 10.9. The maximum atomic E-state index is 6.18. The van der Waals surface area contributed by atoms with Gasteiger partial charge in [0.1, 0.15) is 5.02 Å². The second kappa shape index (κ2) is 4.69. The first kappa shape index (κ1) is 12.4. The number of hydrogen-bond acceptors (Lipinski definition) is 4. The van der Waals surface area contributed by atoms with Gasteiger partial charge in [0.2, 0.25) is 5.95 Å². The van der Waals surface area contributed by atoms with Gasteiger partial charge >= 0.3 is 0 Å². The Labute approximate surface area is 107 Å². The van der Waals surface area contributed by atoms with Gasteiger partial charge in [0.05, 0.1) is 6.20 Å². The first-order chi connectivity index (χ1) is 8.02. The molecule has 5 heteroatoms. The maximum absolute atomic E-state index is 6.18. The van der Waals surface area contributed by atoms with Gasteiger partial charge in [-0.3, -0.25) is 0 Å². The second-order valence-corrected chi connectivity index (χ2v) is 5.64. The van der Waals surface area contributed by atoms with E-state index in [9.17, 15) is 0 Å². The van der Waals surface area contributed by atoms with E-state index >= 15 is 0 Å². The Balaban J connectivity index is 2.22. The number of halogens is 1. The molecule has 2 rings (SSSR count). The molecule has 0 spiro atoms. The summed E-state index contributed by atoms with van der Waals surface area (Å²) < 4.78 is 0. The van der Waals surface area contributed by atoms with Gasteiger partial charge in [-0.1, -0.05) is 25.4 Å². The number of rotatable bonds is 3. The van der Waals surface area contributed by atoms with E-state index in [2.05, 4.69) is 34.0 Å². The molecule has 0 bridgehead atoms. The molecule has 94 valence electrons. The number of anilines is 2. The number of hydrogen-bond donors (Lipinski definition) is 1. The molecule has 2 heterocycles. The normalized spacial score (nSPS) is 18.5. The Morgan fingerprint density at radius 2 is 2.29 bits per heavy atom. The van der Waals surface area contributed by atoms with Crippen molar-refractivity contribution >= 4 is 23.4 Å². The first-order valence-corrected chi connectivity index (χ1v) is 6.41. The molecule has 1 fully saturated rings. The van der Waals surface area contributed by atoms with E-state index in [1.54, 1.807) is 6.20 Å². The highest BCUT2D eigenvalue weighted by molar-refractivity contribution is 6.32. The molecule has 0 atom stereocenters. The van der Waals surface area contributed by atoms with Gasteiger partial charge in [-0.15, -0.1) is 0 Å². The van der Waals surface area contributed by atoms with E-state index in [0.717, 1.165) is 25.5 Å². The van der Waals surface area contributed by atoms with Crippen LogP contribution < -0.4 is 10.2 Å². The molecule has 1 aromatic heterocycles. The molecular weight excluding hydrogens is 236 g/mol. The van der Waals surface area contributed by atoms with E-state index in [-0.39, 0.29) is 0 Å². The van der Waals surface area contributed by atoms with Gasteiger partial charge in [0.25, 0.3) is 0 Å². The Morgan fingerprint density at radius 1 is 1.53 bits per heavy atom. The average Bonchev–Trinajstić information content (AvgIpc) is 2.62. The monoisotopic (exact) mass is 254 g/mol. The minimum atomic E-state index is 0.340. The third kappa shape index (κ3) is 2.80. The fraction of sp³-hybridized carbons (Fsp3) is 0.667. The van der Waals surface area contributed by atoms with Crippen LogP contribution in [0, 0.1) is 5.41 Å². The van der Waals surface area contributed by atoms with E-state index in [1.165, 1.54) is 6.42 Å². The Morgan fingerprint density at radius 3 is 2.88 bits per heavy atom. The molecule has 0 aliphatic carbocycles. The highest BCUT2D eigenvalue weighted by Crippen LogP contribution is 2.34. The first-order valence-electron chi connectivity index (χ1n) is 6.03. The summed E-state index contributed by atoms with van der Waals surface area (Å²) in [5.41, 5.74) is 0.340. The Bertz CT molecular complexity index is 405. The van der Waals surface area contributed by atoms with Crippen LogP contribution in [0.4, 0.5) is 11.8 Å². The molecule has 1 N–H and O–H groups in total. The van der Waals surface area contributed by atoms with Crippen molar-refractivity contribution in [1.29, 1.82) is 0 Å². The Hall–Kier alpha value is -1.03. The highest BCUT2D eigenvalue weighted by Gasteiger charge is 2.31. The van der Waals surface area contributed by atoms with Crippen LogP contribution in [0.1, 0.15) is 27.2 Å². The van der Waals surface area contributed by atoms with Crippen LogP contribution in [-0.2, 0) is 0 Å². The molecule has 0 saturated carbocycles. The van der Waals surface area contributed by atoms with Gasteiger partial charge in [-0.2, -0.15) is 4.98 Å². The van der Waals surface area contributed by atoms with Crippen molar-refractivity contribution in [1.82, 2.24) is 9.97 Å². The zero-order valence-electron chi connectivity index (χ0n) is 10.6. The van der Waals surface area contributed by atoms with E-state index < -0.39 is 0 Å². The highest BCUT2D eigenvalue weighted by atomic mass is 35.5. The van der Waals surface area contributed by atoms with Crippen LogP contribution in [-0.4, -0.2) is 29.6 Å². The van der Waals surface area contributed by atoms with Gasteiger partial charge < -0.3 is 10.2 Å². The van der Waals surface area contributed by atoms with Crippen molar-refractivity contribution in [2.24, 2.45) is 5.41 Å². The van der Waals surface area contributed by atoms with E-state index in [4.69, 9.17) is 11.6 Å². The third-order valence-corrected chi connectivity index (χ3v) is 3.30. The molecule has 17 heavy (non-hydrogen) atoms. The molecule has 4 nitrogen and oxygen atoms in total. The van der Waals surface area contributed by atoms with Crippen LogP contribution in [0.2, 0.25) is 5.02 Å². The maximum Gasteiger partial charge on any atom is 0.224 e. The minimum absolute atomic E-state index is 0.340. The predicted molar refractivity (Wildman–Crippen MR) is 71.8 cm³/mol. The minimum Gasteiger partial charge on any atom is -0.355 e. The van der Waals surface area contributed by atoms with Crippen molar-refractivity contribution in [3.63, 3.8) is 0 Å². The fourth-order valence-corrected chi connectivity index (χ4v) is 2.33. The smallest absolute Gasteiger partial charge is 0.224 e. The van der Waals surface area contributed by atoms with Crippen LogP contribution in [0.25, 0.3) is 0 Å². The lowest BCUT2D eigenvalue weighted by Crippen LogP contribution is -2.24. The SMILES string of the molecule is CCNc1ncc(Cl)c(N2CCC(C)(C)C2)n1. The molecule has 1 aliphatic heterocycles. The molecule has 1 aliphatic rings. The molecule has 0 amide bonds. The molecule has 0 aromatic carbocycles. The van der Waals surface area contributed by atoms with Gasteiger partial charge in [0, 0.05) is 19.6 Å². The summed E-state index contributed by atoms with van der Waals surface area (Å²) in [6.07, 6.45) is 2.84. The van der Waals surface area contributed by atoms with Crippen molar-refractivity contribution in [2.75, 3.05) is 29.9 Å². The van der Waals surface area contributed by atoms with Crippen LogP contribution in [0.5, 0.6) is 0 Å². The van der Waals surface area contributed by atoms with E-state index in [0.29, 0.717) is 16.4 Å². The van der Waals surface area contributed by atoms with Crippen molar-refractivity contribution in [2.45, 2.75) is 27.2 Å². The number of nitrogens with one attached hydrogen (secondary N) is 1. The van der Waals surface area contributed by atoms with Gasteiger partial charge in [-0.05, 0) is 18.8 Å². The van der Waals surface area contributed by atoms with Crippen LogP contribution >= 0.6 is 11.6 Å². The van der Waals surface area contributed by atoms with Crippen LogP contribution in [0.3, 0.4) is 0 Å². The molecule has 0 unspecified atom stereocenters. The fourth-order valence-electron chi connectivity index (χ4n) is 2.12. The molecule has 1 aromatic rings. The lowest BCUT2D eigenvalue weighted by Gasteiger charge is -2.21. The predicted octanol–water partition coefficient (Wildman–Crippen LogP) is 2.80. The average molecular weight is 255 g/mol. The zero-order valence-corrected chi connectivity index (χ0v) is 11.4. The lowest BCUT2D eigenvalue weighted by molar-refractivity contribution is 0.418. The van der Waals surface area contributed by atoms with Gasteiger partial charge in [-0.25, -0.2) is 4.98 Å². The largest absolute Gasteiger partial charge is 0.355 e. The zero-order chi connectivity index (χ0) is 12.5. The number of nitrogens with zero attached hydrogens (tertiary/aromatic N) is 3. The summed E-state index contributed by atoms with van der Waals surface area (Å²) in [5, 5.41) is 3.74.